The fraction of sp³-hybridized carbons (Fsp3) is 0.267. The second kappa shape index (κ2) is 12.7. The van der Waals surface area contributed by atoms with Gasteiger partial charge in [-0.15, -0.1) is 0 Å². The van der Waals surface area contributed by atoms with Gasteiger partial charge in [0.25, 0.3) is 5.91 Å². The summed E-state index contributed by atoms with van der Waals surface area (Å²) in [4.78, 5) is 19.0. The molecule has 0 aliphatic rings. The maximum atomic E-state index is 13.4. The van der Waals surface area contributed by atoms with Crippen molar-refractivity contribution in [1.82, 2.24) is 15.2 Å². The first kappa shape index (κ1) is 28.7. The summed E-state index contributed by atoms with van der Waals surface area (Å²) in [6, 6.07) is 19.8. The van der Waals surface area contributed by atoms with Crippen LogP contribution < -0.4 is 14.8 Å². The van der Waals surface area contributed by atoms with Gasteiger partial charge >= 0.3 is 6.18 Å². The van der Waals surface area contributed by atoms with E-state index in [9.17, 15) is 18.0 Å². The molecule has 3 aromatic carbocycles. The number of rotatable bonds is 11. The van der Waals surface area contributed by atoms with Crippen LogP contribution in [0.2, 0.25) is 0 Å². The van der Waals surface area contributed by atoms with Crippen LogP contribution in [-0.2, 0) is 25.8 Å². The van der Waals surface area contributed by atoms with Crippen molar-refractivity contribution in [2.45, 2.75) is 38.8 Å². The molecule has 1 heterocycles. The minimum atomic E-state index is -4.46. The summed E-state index contributed by atoms with van der Waals surface area (Å²) in [5.74, 6) is 1.05. The second-order valence-corrected chi connectivity index (χ2v) is 9.25. The van der Waals surface area contributed by atoms with E-state index in [-0.39, 0.29) is 37.3 Å². The Bertz CT molecular complexity index is 1420. The summed E-state index contributed by atoms with van der Waals surface area (Å²) < 4.78 is 56.5. The van der Waals surface area contributed by atoms with E-state index in [1.54, 1.807) is 31.4 Å². The van der Waals surface area contributed by atoms with Gasteiger partial charge < -0.3 is 19.2 Å². The van der Waals surface area contributed by atoms with Gasteiger partial charge in [0, 0.05) is 18.7 Å². The molecule has 4 rings (SSSR count). The van der Waals surface area contributed by atoms with E-state index < -0.39 is 17.6 Å². The SMILES string of the molecule is COc1ccc(OC)c(CN(Cc2cccc(C(F)(F)F)c2)Cc2nc(C(=O)N[C@@H](C)c3ccccc3)co2)c1. The van der Waals surface area contributed by atoms with Gasteiger partial charge in [0.05, 0.1) is 32.4 Å². The Labute approximate surface area is 230 Å². The van der Waals surface area contributed by atoms with Crippen LogP contribution in [0.3, 0.4) is 0 Å². The predicted molar refractivity (Wildman–Crippen MR) is 143 cm³/mol. The molecule has 1 amide bonds. The molecule has 0 aliphatic carbocycles. The van der Waals surface area contributed by atoms with Gasteiger partial charge in [-0.2, -0.15) is 13.2 Å². The number of carbonyl (C=O) groups excluding carboxylic acids is 1. The van der Waals surface area contributed by atoms with E-state index in [1.807, 2.05) is 42.2 Å². The Morgan fingerprint density at radius 3 is 2.45 bits per heavy atom. The first-order valence-electron chi connectivity index (χ1n) is 12.6. The zero-order chi connectivity index (χ0) is 28.7. The fourth-order valence-electron chi connectivity index (χ4n) is 4.29. The monoisotopic (exact) mass is 553 g/mol. The molecule has 0 spiro atoms. The number of hydrogen-bond donors (Lipinski definition) is 1. The molecule has 0 aliphatic heterocycles. The number of amides is 1. The van der Waals surface area contributed by atoms with Crippen LogP contribution in [0.5, 0.6) is 11.5 Å². The van der Waals surface area contributed by atoms with Gasteiger partial charge in [0.2, 0.25) is 5.89 Å². The lowest BCUT2D eigenvalue weighted by atomic mass is 10.1. The number of hydrogen-bond acceptors (Lipinski definition) is 6. The number of nitrogens with one attached hydrogen (secondary N) is 1. The number of ether oxygens (including phenoxy) is 2. The van der Waals surface area contributed by atoms with Crippen molar-refractivity contribution >= 4 is 5.91 Å². The van der Waals surface area contributed by atoms with Gasteiger partial charge in [-0.05, 0) is 42.3 Å². The van der Waals surface area contributed by atoms with Gasteiger partial charge in [-0.25, -0.2) is 4.98 Å². The number of methoxy groups -OCH3 is 2. The van der Waals surface area contributed by atoms with Crippen molar-refractivity contribution in [3.05, 3.63) is 113 Å². The number of aromatic nitrogens is 1. The first-order valence-corrected chi connectivity index (χ1v) is 12.6. The van der Waals surface area contributed by atoms with Crippen LogP contribution >= 0.6 is 0 Å². The average Bonchev–Trinajstić information content (AvgIpc) is 3.41. The van der Waals surface area contributed by atoms with E-state index in [0.717, 1.165) is 23.3 Å². The van der Waals surface area contributed by atoms with Crippen molar-refractivity contribution in [1.29, 1.82) is 0 Å². The fourth-order valence-corrected chi connectivity index (χ4v) is 4.29. The molecule has 0 radical (unpaired) electrons. The molecule has 0 unspecified atom stereocenters. The third-order valence-electron chi connectivity index (χ3n) is 6.33. The van der Waals surface area contributed by atoms with Crippen LogP contribution in [0.15, 0.2) is 83.5 Å². The molecule has 4 aromatic rings. The summed E-state index contributed by atoms with van der Waals surface area (Å²) in [6.45, 7) is 2.43. The standard InChI is InChI=1S/C30H30F3N3O4/c1-20(22-9-5-4-6-10-22)34-29(37)26-19-40-28(35-26)18-36(16-21-8-7-11-24(14-21)30(31,32)33)17-23-15-25(38-2)12-13-27(23)39-3/h4-15,19-20H,16-18H2,1-3H3,(H,34,37)/t20-/m0/s1. The summed E-state index contributed by atoms with van der Waals surface area (Å²) in [7, 11) is 3.09. The number of halogens is 3. The van der Waals surface area contributed by atoms with E-state index in [4.69, 9.17) is 13.9 Å². The third kappa shape index (κ3) is 7.41. The molecule has 0 saturated carbocycles. The van der Waals surface area contributed by atoms with Gasteiger partial charge in [-0.3, -0.25) is 9.69 Å². The Balaban J connectivity index is 1.56. The van der Waals surface area contributed by atoms with Crippen LogP contribution in [0.25, 0.3) is 0 Å². The summed E-state index contributed by atoms with van der Waals surface area (Å²) in [6.07, 6.45) is -3.18. The first-order chi connectivity index (χ1) is 19.2. The molecular formula is C30H30F3N3O4. The smallest absolute Gasteiger partial charge is 0.416 e. The Morgan fingerprint density at radius 2 is 1.75 bits per heavy atom. The summed E-state index contributed by atoms with van der Waals surface area (Å²) in [5, 5.41) is 2.89. The van der Waals surface area contributed by atoms with Crippen LogP contribution in [-0.4, -0.2) is 30.0 Å². The molecule has 1 atom stereocenters. The van der Waals surface area contributed by atoms with Crippen LogP contribution in [0, 0.1) is 0 Å². The average molecular weight is 554 g/mol. The highest BCUT2D eigenvalue weighted by Crippen LogP contribution is 2.31. The van der Waals surface area contributed by atoms with E-state index in [2.05, 4.69) is 10.3 Å². The molecule has 40 heavy (non-hydrogen) atoms. The molecule has 0 bridgehead atoms. The van der Waals surface area contributed by atoms with E-state index in [0.29, 0.717) is 17.1 Å². The van der Waals surface area contributed by atoms with Crippen molar-refractivity contribution in [2.24, 2.45) is 0 Å². The summed E-state index contributed by atoms with van der Waals surface area (Å²) >= 11 is 0. The Hall–Kier alpha value is -4.31. The van der Waals surface area contributed by atoms with E-state index in [1.165, 1.54) is 19.4 Å². The van der Waals surface area contributed by atoms with Crippen molar-refractivity contribution < 1.29 is 31.9 Å². The minimum absolute atomic E-state index is 0.107. The molecule has 0 fully saturated rings. The number of benzene rings is 3. The Morgan fingerprint density at radius 1 is 0.975 bits per heavy atom. The lowest BCUT2D eigenvalue weighted by Gasteiger charge is -2.23. The van der Waals surface area contributed by atoms with Gasteiger partial charge in [0.15, 0.2) is 5.69 Å². The zero-order valence-corrected chi connectivity index (χ0v) is 22.4. The lowest BCUT2D eigenvalue weighted by molar-refractivity contribution is -0.137. The highest BCUT2D eigenvalue weighted by atomic mass is 19.4. The lowest BCUT2D eigenvalue weighted by Crippen LogP contribution is -2.27. The number of carbonyl (C=O) groups is 1. The minimum Gasteiger partial charge on any atom is -0.497 e. The normalized spacial score (nSPS) is 12.3. The molecule has 10 heteroatoms. The quantitative estimate of drug-likeness (QED) is 0.232. The largest absolute Gasteiger partial charge is 0.497 e. The maximum Gasteiger partial charge on any atom is 0.416 e. The van der Waals surface area contributed by atoms with Gasteiger partial charge in [-0.1, -0.05) is 48.5 Å². The van der Waals surface area contributed by atoms with Gasteiger partial charge in [0.1, 0.15) is 17.8 Å². The molecule has 1 N–H and O–H groups in total. The number of oxazole rings is 1. The van der Waals surface area contributed by atoms with Crippen LogP contribution in [0.1, 0.15) is 51.6 Å². The highest BCUT2D eigenvalue weighted by Gasteiger charge is 2.30. The summed E-state index contributed by atoms with van der Waals surface area (Å²) in [5.41, 5.74) is 1.54. The van der Waals surface area contributed by atoms with Crippen molar-refractivity contribution in [2.75, 3.05) is 14.2 Å². The van der Waals surface area contributed by atoms with Crippen LogP contribution in [0.4, 0.5) is 13.2 Å². The molecule has 1 aromatic heterocycles. The topological polar surface area (TPSA) is 76.8 Å². The van der Waals surface area contributed by atoms with Crippen molar-refractivity contribution in [3.8, 4) is 11.5 Å². The number of alkyl halides is 3. The zero-order valence-electron chi connectivity index (χ0n) is 22.4. The third-order valence-corrected chi connectivity index (χ3v) is 6.33. The van der Waals surface area contributed by atoms with E-state index >= 15 is 0 Å². The number of nitrogens with zero attached hydrogens (tertiary/aromatic N) is 2. The molecule has 0 saturated heterocycles. The molecular weight excluding hydrogens is 523 g/mol. The maximum absolute atomic E-state index is 13.4. The highest BCUT2D eigenvalue weighted by molar-refractivity contribution is 5.92. The second-order valence-electron chi connectivity index (χ2n) is 9.25. The Kier molecular flexibility index (Phi) is 9.11. The predicted octanol–water partition coefficient (Wildman–Crippen LogP) is 6.40. The molecule has 210 valence electrons. The van der Waals surface area contributed by atoms with Crippen molar-refractivity contribution in [3.63, 3.8) is 0 Å². The molecule has 7 nitrogen and oxygen atoms in total.